The van der Waals surface area contributed by atoms with E-state index in [4.69, 9.17) is 16.3 Å². The normalized spacial score (nSPS) is 10.6. The van der Waals surface area contributed by atoms with Gasteiger partial charge in [0.2, 0.25) is 5.88 Å². The highest BCUT2D eigenvalue weighted by molar-refractivity contribution is 9.10. The molecule has 0 unspecified atom stereocenters. The predicted molar refractivity (Wildman–Crippen MR) is 84.2 cm³/mol. The molecular formula is C15H16BrClN2O. The van der Waals surface area contributed by atoms with E-state index in [9.17, 15) is 0 Å². The first kappa shape index (κ1) is 15.3. The van der Waals surface area contributed by atoms with Crippen LogP contribution >= 0.6 is 27.5 Å². The van der Waals surface area contributed by atoms with Crippen LogP contribution < -0.4 is 4.74 Å². The zero-order valence-corrected chi connectivity index (χ0v) is 13.8. The highest BCUT2D eigenvalue weighted by Gasteiger charge is 2.10. The lowest BCUT2D eigenvalue weighted by atomic mass is 10.2. The lowest BCUT2D eigenvalue weighted by Crippen LogP contribution is -2.04. The Bertz CT molecular complexity index is 587. The second kappa shape index (κ2) is 7.04. The second-order valence-corrected chi connectivity index (χ2v) is 5.80. The van der Waals surface area contributed by atoms with Crippen LogP contribution in [0.4, 0.5) is 0 Å². The van der Waals surface area contributed by atoms with E-state index in [-0.39, 0.29) is 0 Å². The number of hydrogen-bond acceptors (Lipinski definition) is 3. The van der Waals surface area contributed by atoms with Gasteiger partial charge in [-0.3, -0.25) is 0 Å². The van der Waals surface area contributed by atoms with E-state index in [0.29, 0.717) is 17.6 Å². The van der Waals surface area contributed by atoms with E-state index >= 15 is 0 Å². The van der Waals surface area contributed by atoms with Crippen molar-refractivity contribution in [2.75, 3.05) is 0 Å². The summed E-state index contributed by atoms with van der Waals surface area (Å²) in [7, 11) is 0. The van der Waals surface area contributed by atoms with Gasteiger partial charge in [-0.15, -0.1) is 0 Å². The molecule has 5 heteroatoms. The molecule has 2 aromatic rings. The molecule has 0 bridgehead atoms. The summed E-state index contributed by atoms with van der Waals surface area (Å²) in [6.07, 6.45) is 1.78. The van der Waals surface area contributed by atoms with Gasteiger partial charge in [0.25, 0.3) is 0 Å². The van der Waals surface area contributed by atoms with Crippen molar-refractivity contribution in [3.63, 3.8) is 0 Å². The number of aromatic nitrogens is 2. The van der Waals surface area contributed by atoms with Gasteiger partial charge >= 0.3 is 0 Å². The van der Waals surface area contributed by atoms with Crippen LogP contribution in [0.15, 0.2) is 28.7 Å². The fourth-order valence-corrected chi connectivity index (χ4v) is 2.16. The van der Waals surface area contributed by atoms with Crippen LogP contribution in [-0.2, 0) is 13.0 Å². The minimum Gasteiger partial charge on any atom is -0.472 e. The lowest BCUT2D eigenvalue weighted by molar-refractivity contribution is 0.289. The van der Waals surface area contributed by atoms with E-state index < -0.39 is 0 Å². The fourth-order valence-electron chi connectivity index (χ4n) is 1.72. The minimum atomic E-state index is 0.465. The summed E-state index contributed by atoms with van der Waals surface area (Å²) in [6.45, 7) is 4.42. The molecule has 0 saturated heterocycles. The average Bonchev–Trinajstić information content (AvgIpc) is 2.43. The Kier molecular flexibility index (Phi) is 5.38. The third-order valence-corrected chi connectivity index (χ3v) is 3.75. The van der Waals surface area contributed by atoms with Crippen molar-refractivity contribution in [3.05, 3.63) is 50.8 Å². The molecule has 0 fully saturated rings. The van der Waals surface area contributed by atoms with Crippen molar-refractivity contribution >= 4 is 27.5 Å². The molecule has 0 aliphatic rings. The highest BCUT2D eigenvalue weighted by atomic mass is 79.9. The molecule has 20 heavy (non-hydrogen) atoms. The van der Waals surface area contributed by atoms with Gasteiger partial charge in [0.15, 0.2) is 0 Å². The maximum atomic E-state index is 6.12. The summed E-state index contributed by atoms with van der Waals surface area (Å²) in [5.74, 6) is 1.30. The first-order valence-electron chi connectivity index (χ1n) is 6.50. The quantitative estimate of drug-likeness (QED) is 0.727. The summed E-state index contributed by atoms with van der Waals surface area (Å²) < 4.78 is 6.83. The third-order valence-electron chi connectivity index (χ3n) is 2.85. The maximum absolute atomic E-state index is 6.12. The third kappa shape index (κ3) is 3.93. The first-order valence-corrected chi connectivity index (χ1v) is 7.67. The van der Waals surface area contributed by atoms with Crippen molar-refractivity contribution in [2.45, 2.75) is 33.3 Å². The van der Waals surface area contributed by atoms with Crippen molar-refractivity contribution in [3.8, 4) is 5.88 Å². The van der Waals surface area contributed by atoms with E-state index in [2.05, 4.69) is 32.8 Å². The Balaban J connectivity index is 2.13. The Morgan fingerprint density at radius 3 is 2.55 bits per heavy atom. The van der Waals surface area contributed by atoms with Gasteiger partial charge in [0, 0.05) is 16.5 Å². The van der Waals surface area contributed by atoms with Crippen LogP contribution in [0.5, 0.6) is 5.88 Å². The number of nitrogens with zero attached hydrogens (tertiary/aromatic N) is 2. The van der Waals surface area contributed by atoms with Gasteiger partial charge in [0.05, 0.1) is 0 Å². The molecule has 0 radical (unpaired) electrons. The molecule has 1 aromatic carbocycles. The standard InChI is InChI=1S/C15H16BrClN2O/c1-3-4-13-18-14(17)10(2)15(19-13)20-9-11-5-7-12(16)8-6-11/h5-8H,3-4,9H2,1-2H3. The average molecular weight is 356 g/mol. The van der Waals surface area contributed by atoms with Crippen LogP contribution in [0, 0.1) is 6.92 Å². The Morgan fingerprint density at radius 1 is 1.20 bits per heavy atom. The maximum Gasteiger partial charge on any atom is 0.221 e. The molecular weight excluding hydrogens is 340 g/mol. The molecule has 3 nitrogen and oxygen atoms in total. The number of ether oxygens (including phenoxy) is 1. The summed E-state index contributed by atoms with van der Waals surface area (Å²) in [6, 6.07) is 7.99. The minimum absolute atomic E-state index is 0.465. The summed E-state index contributed by atoms with van der Waals surface area (Å²) in [5, 5.41) is 0.467. The lowest BCUT2D eigenvalue weighted by Gasteiger charge is -2.10. The smallest absolute Gasteiger partial charge is 0.221 e. The van der Waals surface area contributed by atoms with Gasteiger partial charge in [-0.2, -0.15) is 4.98 Å². The van der Waals surface area contributed by atoms with Gasteiger partial charge in [-0.25, -0.2) is 4.98 Å². The topological polar surface area (TPSA) is 35.0 Å². The zero-order valence-electron chi connectivity index (χ0n) is 11.5. The Hall–Kier alpha value is -1.13. The van der Waals surface area contributed by atoms with Gasteiger partial charge < -0.3 is 4.74 Å². The van der Waals surface area contributed by atoms with Crippen LogP contribution in [0.2, 0.25) is 5.15 Å². The summed E-state index contributed by atoms with van der Waals surface area (Å²) >= 11 is 9.53. The van der Waals surface area contributed by atoms with Crippen molar-refractivity contribution in [1.82, 2.24) is 9.97 Å². The highest BCUT2D eigenvalue weighted by Crippen LogP contribution is 2.23. The Labute approximate surface area is 132 Å². The molecule has 0 aliphatic carbocycles. The number of benzene rings is 1. The number of aryl methyl sites for hydroxylation is 1. The van der Waals surface area contributed by atoms with Crippen molar-refractivity contribution in [1.29, 1.82) is 0 Å². The second-order valence-electron chi connectivity index (χ2n) is 4.53. The molecule has 106 valence electrons. The van der Waals surface area contributed by atoms with E-state index in [1.165, 1.54) is 0 Å². The Morgan fingerprint density at radius 2 is 1.90 bits per heavy atom. The van der Waals surface area contributed by atoms with Crippen molar-refractivity contribution in [2.24, 2.45) is 0 Å². The van der Waals surface area contributed by atoms with Gasteiger partial charge in [-0.1, -0.05) is 46.6 Å². The molecule has 1 aromatic heterocycles. The SMILES string of the molecule is CCCc1nc(Cl)c(C)c(OCc2ccc(Br)cc2)n1. The number of rotatable bonds is 5. The van der Waals surface area contributed by atoms with E-state index in [0.717, 1.165) is 34.3 Å². The number of hydrogen-bond donors (Lipinski definition) is 0. The monoisotopic (exact) mass is 354 g/mol. The number of halogens is 2. The largest absolute Gasteiger partial charge is 0.472 e. The molecule has 0 saturated carbocycles. The zero-order chi connectivity index (χ0) is 14.5. The molecule has 0 amide bonds. The molecule has 0 spiro atoms. The van der Waals surface area contributed by atoms with Crippen LogP contribution in [-0.4, -0.2) is 9.97 Å². The predicted octanol–water partition coefficient (Wildman–Crippen LogP) is 4.73. The van der Waals surface area contributed by atoms with Crippen LogP contribution in [0.25, 0.3) is 0 Å². The van der Waals surface area contributed by atoms with Crippen LogP contribution in [0.3, 0.4) is 0 Å². The van der Waals surface area contributed by atoms with Gasteiger partial charge in [-0.05, 0) is 31.0 Å². The first-order chi connectivity index (χ1) is 9.60. The molecule has 2 rings (SSSR count). The van der Waals surface area contributed by atoms with Crippen molar-refractivity contribution < 1.29 is 4.74 Å². The van der Waals surface area contributed by atoms with E-state index in [1.54, 1.807) is 0 Å². The fraction of sp³-hybridized carbons (Fsp3) is 0.333. The summed E-state index contributed by atoms with van der Waals surface area (Å²) in [4.78, 5) is 8.69. The molecule has 0 aliphatic heterocycles. The molecule has 1 heterocycles. The molecule has 0 atom stereocenters. The molecule has 0 N–H and O–H groups in total. The van der Waals surface area contributed by atoms with Gasteiger partial charge in [0.1, 0.15) is 17.6 Å². The van der Waals surface area contributed by atoms with E-state index in [1.807, 2.05) is 31.2 Å². The van der Waals surface area contributed by atoms with Crippen LogP contribution in [0.1, 0.15) is 30.3 Å². The summed E-state index contributed by atoms with van der Waals surface area (Å²) in [5.41, 5.74) is 1.86.